The second-order valence-electron chi connectivity index (χ2n) is 7.54. The van der Waals surface area contributed by atoms with Crippen molar-refractivity contribution in [1.29, 1.82) is 0 Å². The molecule has 5 fully saturated rings. The van der Waals surface area contributed by atoms with Gasteiger partial charge in [-0.1, -0.05) is 6.92 Å². The molecule has 5 aliphatic rings. The van der Waals surface area contributed by atoms with E-state index in [0.717, 1.165) is 29.6 Å². The van der Waals surface area contributed by atoms with Crippen molar-refractivity contribution in [2.45, 2.75) is 45.4 Å². The third-order valence-corrected chi connectivity index (χ3v) is 6.43. The number of nitrogens with one attached hydrogen (secondary N) is 1. The van der Waals surface area contributed by atoms with Crippen molar-refractivity contribution in [2.75, 3.05) is 13.1 Å². The lowest BCUT2D eigenvalue weighted by molar-refractivity contribution is -0.0859. The second-order valence-corrected chi connectivity index (χ2v) is 7.54. The van der Waals surface area contributed by atoms with Crippen LogP contribution >= 0.6 is 0 Å². The molecule has 0 amide bonds. The van der Waals surface area contributed by atoms with Gasteiger partial charge in [-0.05, 0) is 80.1 Å². The van der Waals surface area contributed by atoms with E-state index in [1.807, 2.05) is 0 Å². The highest BCUT2D eigenvalue weighted by atomic mass is 14.9. The van der Waals surface area contributed by atoms with Gasteiger partial charge in [0.05, 0.1) is 0 Å². The highest BCUT2D eigenvalue weighted by molar-refractivity contribution is 5.05. The Balaban J connectivity index is 1.64. The maximum Gasteiger partial charge on any atom is 0.000850 e. The van der Waals surface area contributed by atoms with Crippen LogP contribution in [0, 0.1) is 35.0 Å². The third kappa shape index (κ3) is 1.27. The molecule has 1 heterocycles. The number of rotatable bonds is 1. The predicted molar refractivity (Wildman–Crippen MR) is 66.1 cm³/mol. The van der Waals surface area contributed by atoms with Gasteiger partial charge >= 0.3 is 0 Å². The van der Waals surface area contributed by atoms with Crippen LogP contribution in [0.25, 0.3) is 0 Å². The minimum absolute atomic E-state index is 0.655. The van der Waals surface area contributed by atoms with Gasteiger partial charge in [0.15, 0.2) is 0 Å². The maximum atomic E-state index is 3.62. The zero-order valence-corrected chi connectivity index (χ0v) is 10.5. The van der Waals surface area contributed by atoms with Gasteiger partial charge in [-0.25, -0.2) is 0 Å². The molecule has 4 saturated carbocycles. The first-order chi connectivity index (χ1) is 7.74. The fourth-order valence-electron chi connectivity index (χ4n) is 6.18. The largest absolute Gasteiger partial charge is 0.316 e. The summed E-state index contributed by atoms with van der Waals surface area (Å²) in [5, 5.41) is 3.62. The van der Waals surface area contributed by atoms with Gasteiger partial charge in [0.2, 0.25) is 0 Å². The molecule has 0 aromatic rings. The molecule has 5 rings (SSSR count). The zero-order valence-electron chi connectivity index (χ0n) is 10.5. The molecule has 4 bridgehead atoms. The lowest BCUT2D eigenvalue weighted by Gasteiger charge is -2.58. The van der Waals surface area contributed by atoms with E-state index in [-0.39, 0.29) is 0 Å². The van der Waals surface area contributed by atoms with Gasteiger partial charge in [0, 0.05) is 6.54 Å². The fourth-order valence-corrected chi connectivity index (χ4v) is 6.18. The lowest BCUT2D eigenvalue weighted by Crippen LogP contribution is -2.51. The van der Waals surface area contributed by atoms with Gasteiger partial charge in [0.1, 0.15) is 0 Å². The summed E-state index contributed by atoms with van der Waals surface area (Å²) in [6, 6.07) is 0. The Bertz CT molecular complexity index is 262. The summed E-state index contributed by atoms with van der Waals surface area (Å²) in [6.07, 6.45) is 9.40. The molecule has 0 spiro atoms. The molecule has 0 aromatic heterocycles. The molecule has 1 aliphatic heterocycles. The van der Waals surface area contributed by atoms with E-state index in [2.05, 4.69) is 12.2 Å². The van der Waals surface area contributed by atoms with Crippen molar-refractivity contribution in [2.24, 2.45) is 35.0 Å². The van der Waals surface area contributed by atoms with Crippen LogP contribution < -0.4 is 5.32 Å². The molecular formula is C15H25N. The lowest BCUT2D eigenvalue weighted by atomic mass is 9.47. The molecule has 16 heavy (non-hydrogen) atoms. The Morgan fingerprint density at radius 3 is 2.06 bits per heavy atom. The van der Waals surface area contributed by atoms with Crippen LogP contribution in [0.15, 0.2) is 0 Å². The van der Waals surface area contributed by atoms with Gasteiger partial charge < -0.3 is 5.32 Å². The molecule has 4 aliphatic carbocycles. The maximum absolute atomic E-state index is 3.62. The van der Waals surface area contributed by atoms with Crippen molar-refractivity contribution in [1.82, 2.24) is 5.32 Å². The highest BCUT2D eigenvalue weighted by Crippen LogP contribution is 2.61. The van der Waals surface area contributed by atoms with E-state index in [4.69, 9.17) is 0 Å². The van der Waals surface area contributed by atoms with Crippen LogP contribution in [0.1, 0.15) is 45.4 Å². The Morgan fingerprint density at radius 1 is 0.938 bits per heavy atom. The quantitative estimate of drug-likeness (QED) is 0.714. The van der Waals surface area contributed by atoms with Gasteiger partial charge in [0.25, 0.3) is 0 Å². The molecule has 1 unspecified atom stereocenters. The molecule has 1 atom stereocenters. The SMILES string of the molecule is CC1(C2C3CC4CC(C3)CC2C4)CCNC1. The summed E-state index contributed by atoms with van der Waals surface area (Å²) in [5.41, 5.74) is 0.655. The smallest absolute Gasteiger partial charge is 0.000850 e. The predicted octanol–water partition coefficient (Wildman–Crippen LogP) is 3.06. The van der Waals surface area contributed by atoms with Crippen LogP contribution in [-0.2, 0) is 0 Å². The van der Waals surface area contributed by atoms with Crippen LogP contribution in [-0.4, -0.2) is 13.1 Å². The third-order valence-electron chi connectivity index (χ3n) is 6.43. The minimum Gasteiger partial charge on any atom is -0.316 e. The van der Waals surface area contributed by atoms with E-state index in [9.17, 15) is 0 Å². The average Bonchev–Trinajstić information content (AvgIpc) is 2.64. The highest BCUT2D eigenvalue weighted by Gasteiger charge is 2.54. The summed E-state index contributed by atoms with van der Waals surface area (Å²) in [5.74, 6) is 5.58. The standard InChI is InChI=1S/C15H25N/c1-15(2-3-16-9-15)14-12-5-10-4-11(7-12)8-13(14)6-10/h10-14,16H,2-9H2,1H3. The molecule has 1 saturated heterocycles. The van der Waals surface area contributed by atoms with E-state index >= 15 is 0 Å². The van der Waals surface area contributed by atoms with Crippen molar-refractivity contribution >= 4 is 0 Å². The molecule has 90 valence electrons. The molecule has 0 aromatic carbocycles. The summed E-state index contributed by atoms with van der Waals surface area (Å²) >= 11 is 0. The van der Waals surface area contributed by atoms with E-state index in [1.165, 1.54) is 19.5 Å². The van der Waals surface area contributed by atoms with Crippen LogP contribution in [0.5, 0.6) is 0 Å². The molecular weight excluding hydrogens is 194 g/mol. The first-order valence-corrected chi connectivity index (χ1v) is 7.45. The van der Waals surface area contributed by atoms with Crippen molar-refractivity contribution in [3.05, 3.63) is 0 Å². The van der Waals surface area contributed by atoms with E-state index < -0.39 is 0 Å². The van der Waals surface area contributed by atoms with E-state index in [1.54, 1.807) is 32.1 Å². The van der Waals surface area contributed by atoms with Crippen LogP contribution in [0.3, 0.4) is 0 Å². The molecule has 1 nitrogen and oxygen atoms in total. The Labute approximate surface area is 99.4 Å². The van der Waals surface area contributed by atoms with Gasteiger partial charge in [-0.3, -0.25) is 0 Å². The average molecular weight is 219 g/mol. The monoisotopic (exact) mass is 219 g/mol. The second kappa shape index (κ2) is 3.25. The van der Waals surface area contributed by atoms with Crippen LogP contribution in [0.2, 0.25) is 0 Å². The van der Waals surface area contributed by atoms with Gasteiger partial charge in [-0.15, -0.1) is 0 Å². The summed E-state index contributed by atoms with van der Waals surface area (Å²) < 4.78 is 0. The van der Waals surface area contributed by atoms with Crippen LogP contribution in [0.4, 0.5) is 0 Å². The first kappa shape index (κ1) is 9.94. The minimum atomic E-state index is 0.655. The number of hydrogen-bond acceptors (Lipinski definition) is 1. The zero-order chi connectivity index (χ0) is 10.8. The Morgan fingerprint density at radius 2 is 1.56 bits per heavy atom. The Hall–Kier alpha value is -0.0400. The van der Waals surface area contributed by atoms with Crippen molar-refractivity contribution < 1.29 is 0 Å². The van der Waals surface area contributed by atoms with Crippen molar-refractivity contribution in [3.8, 4) is 0 Å². The number of hydrogen-bond donors (Lipinski definition) is 1. The summed E-state index contributed by atoms with van der Waals surface area (Å²) in [7, 11) is 0. The summed E-state index contributed by atoms with van der Waals surface area (Å²) in [4.78, 5) is 0. The fraction of sp³-hybridized carbons (Fsp3) is 1.00. The van der Waals surface area contributed by atoms with Crippen molar-refractivity contribution in [3.63, 3.8) is 0 Å². The van der Waals surface area contributed by atoms with E-state index in [0.29, 0.717) is 5.41 Å². The summed E-state index contributed by atoms with van der Waals surface area (Å²) in [6.45, 7) is 5.17. The molecule has 1 heteroatoms. The molecule has 1 N–H and O–H groups in total. The topological polar surface area (TPSA) is 12.0 Å². The van der Waals surface area contributed by atoms with Gasteiger partial charge in [-0.2, -0.15) is 0 Å². The normalized spacial score (nSPS) is 59.4. The first-order valence-electron chi connectivity index (χ1n) is 7.45. The molecule has 0 radical (unpaired) electrons. The Kier molecular flexibility index (Phi) is 2.02.